The smallest absolute Gasteiger partial charge is 0.275 e. The maximum absolute atomic E-state index is 13.6. The van der Waals surface area contributed by atoms with Gasteiger partial charge in [0.15, 0.2) is 0 Å². The molecule has 0 N–H and O–H groups in total. The lowest BCUT2D eigenvalue weighted by Gasteiger charge is -2.11. The predicted octanol–water partition coefficient (Wildman–Crippen LogP) is 3.98. The van der Waals surface area contributed by atoms with E-state index >= 15 is 0 Å². The van der Waals surface area contributed by atoms with Gasteiger partial charge < -0.3 is 0 Å². The fourth-order valence-corrected chi connectivity index (χ4v) is 3.84. The molecule has 1 aliphatic carbocycles. The first kappa shape index (κ1) is 20.4. The number of hydrogen-bond acceptors (Lipinski definition) is 5. The summed E-state index contributed by atoms with van der Waals surface area (Å²) in [4.78, 5) is 8.34. The van der Waals surface area contributed by atoms with Crippen molar-refractivity contribution >= 4 is 0 Å². The number of nitrogens with zero attached hydrogens (tertiary/aromatic N) is 8. The third-order valence-electron chi connectivity index (χ3n) is 5.50. The van der Waals surface area contributed by atoms with E-state index in [9.17, 15) is 13.2 Å². The lowest BCUT2D eigenvalue weighted by atomic mass is 10.1. The van der Waals surface area contributed by atoms with Crippen LogP contribution >= 0.6 is 0 Å². The highest BCUT2D eigenvalue weighted by molar-refractivity contribution is 5.71. The van der Waals surface area contributed by atoms with Gasteiger partial charge in [-0.1, -0.05) is 0 Å². The van der Waals surface area contributed by atoms with Gasteiger partial charge >= 0.3 is 6.18 Å². The van der Waals surface area contributed by atoms with Gasteiger partial charge in [-0.3, -0.25) is 9.36 Å². The first-order valence-corrected chi connectivity index (χ1v) is 10.2. The molecule has 1 aliphatic rings. The second-order valence-corrected chi connectivity index (χ2v) is 8.18. The Morgan fingerprint density at radius 2 is 1.50 bits per heavy atom. The summed E-state index contributed by atoms with van der Waals surface area (Å²) in [6, 6.07) is 2.86. The molecule has 4 heterocycles. The van der Waals surface area contributed by atoms with E-state index in [4.69, 9.17) is 0 Å². The van der Waals surface area contributed by atoms with Crippen molar-refractivity contribution in [3.63, 3.8) is 0 Å². The topological polar surface area (TPSA) is 79.2 Å². The minimum atomic E-state index is -4.58. The Morgan fingerprint density at radius 3 is 2.03 bits per heavy atom. The Morgan fingerprint density at radius 1 is 0.875 bits per heavy atom. The van der Waals surface area contributed by atoms with E-state index < -0.39 is 11.9 Å². The average molecular weight is 442 g/mol. The van der Waals surface area contributed by atoms with Gasteiger partial charge in [-0.2, -0.15) is 33.1 Å². The molecule has 0 bridgehead atoms. The van der Waals surface area contributed by atoms with E-state index in [0.29, 0.717) is 17.1 Å². The van der Waals surface area contributed by atoms with E-state index in [1.54, 1.807) is 29.7 Å². The van der Waals surface area contributed by atoms with Crippen molar-refractivity contribution < 1.29 is 13.2 Å². The van der Waals surface area contributed by atoms with Crippen LogP contribution in [0.5, 0.6) is 0 Å². The molecule has 0 aliphatic heterocycles. The molecule has 0 aromatic carbocycles. The summed E-state index contributed by atoms with van der Waals surface area (Å²) in [7, 11) is 3.59. The number of rotatable bonds is 4. The minimum absolute atomic E-state index is 0.0250. The number of halogens is 3. The highest BCUT2D eigenvalue weighted by Gasteiger charge is 2.36. The van der Waals surface area contributed by atoms with Crippen LogP contribution in [0.3, 0.4) is 0 Å². The van der Waals surface area contributed by atoms with E-state index in [1.807, 2.05) is 26.1 Å². The summed E-state index contributed by atoms with van der Waals surface area (Å²) in [6.07, 6.45) is 0.688. The zero-order valence-corrected chi connectivity index (χ0v) is 18.0. The van der Waals surface area contributed by atoms with Gasteiger partial charge in [0.05, 0.1) is 22.8 Å². The Bertz CT molecular complexity index is 1320. The summed E-state index contributed by atoms with van der Waals surface area (Å²) < 4.78 is 45.6. The lowest BCUT2D eigenvalue weighted by molar-refractivity contribution is -0.141. The van der Waals surface area contributed by atoms with Crippen LogP contribution in [0.1, 0.15) is 41.5 Å². The van der Waals surface area contributed by atoms with Crippen LogP contribution in [0.4, 0.5) is 13.2 Å². The van der Waals surface area contributed by atoms with Gasteiger partial charge in [0.25, 0.3) is 5.95 Å². The van der Waals surface area contributed by atoms with Crippen LogP contribution in [0.15, 0.2) is 24.5 Å². The first-order chi connectivity index (χ1) is 15.1. The van der Waals surface area contributed by atoms with Gasteiger partial charge in [-0.15, -0.1) is 0 Å². The Hall–Kier alpha value is -3.50. The van der Waals surface area contributed by atoms with Crippen LogP contribution < -0.4 is 0 Å². The minimum Gasteiger partial charge on any atom is -0.275 e. The monoisotopic (exact) mass is 442 g/mol. The number of aryl methyl sites for hydroxylation is 4. The Kier molecular flexibility index (Phi) is 4.47. The molecule has 0 unspecified atom stereocenters. The third-order valence-corrected chi connectivity index (χ3v) is 5.50. The van der Waals surface area contributed by atoms with E-state index in [-0.39, 0.29) is 11.9 Å². The van der Waals surface area contributed by atoms with Crippen molar-refractivity contribution in [2.45, 2.75) is 38.8 Å². The summed E-state index contributed by atoms with van der Waals surface area (Å²) in [5.41, 5.74) is 3.56. The SMILES string of the molecule is Cc1nn(C)cc1-c1cc(-c2cn(C)nc2C)n(-c2nc(C3CC3)cc(C(F)(F)F)n2)n1. The maximum Gasteiger partial charge on any atom is 0.433 e. The zero-order valence-electron chi connectivity index (χ0n) is 18.0. The molecule has 1 fully saturated rings. The van der Waals surface area contributed by atoms with Crippen molar-refractivity contribution in [1.29, 1.82) is 0 Å². The van der Waals surface area contributed by atoms with E-state index in [2.05, 4.69) is 25.3 Å². The standard InChI is InChI=1S/C21H21F3N8/c1-11-14(9-30(3)27-11)17-7-18(15-10-31(4)28-12(15)2)32(29-17)20-25-16(13-5-6-13)8-19(26-20)21(22,23)24/h7-10,13H,5-6H2,1-4H3. The summed E-state index contributed by atoms with van der Waals surface area (Å²) in [5.74, 6) is -0.0789. The quantitative estimate of drug-likeness (QED) is 0.478. The summed E-state index contributed by atoms with van der Waals surface area (Å²) in [5, 5.41) is 13.4. The normalized spacial score (nSPS) is 14.3. The fraction of sp³-hybridized carbons (Fsp3) is 0.381. The van der Waals surface area contributed by atoms with E-state index in [1.165, 1.54) is 4.68 Å². The number of hydrogen-bond donors (Lipinski definition) is 0. The average Bonchev–Trinajstić information content (AvgIpc) is 3.26. The molecule has 11 heteroatoms. The second kappa shape index (κ2) is 7.01. The number of alkyl halides is 3. The molecule has 1 saturated carbocycles. The van der Waals surface area contributed by atoms with Crippen LogP contribution in [0.25, 0.3) is 28.5 Å². The molecule has 166 valence electrons. The first-order valence-electron chi connectivity index (χ1n) is 10.2. The maximum atomic E-state index is 13.6. The highest BCUT2D eigenvalue weighted by Crippen LogP contribution is 2.41. The molecule has 32 heavy (non-hydrogen) atoms. The molecule has 0 spiro atoms. The molecular formula is C21H21F3N8. The van der Waals surface area contributed by atoms with Crippen molar-refractivity contribution in [2.24, 2.45) is 14.1 Å². The van der Waals surface area contributed by atoms with Crippen LogP contribution in [-0.2, 0) is 20.3 Å². The number of aromatic nitrogens is 8. The molecule has 0 radical (unpaired) electrons. The molecule has 0 amide bonds. The molecule has 5 rings (SSSR count). The molecule has 4 aromatic heterocycles. The zero-order chi connectivity index (χ0) is 22.8. The van der Waals surface area contributed by atoms with Gasteiger partial charge in [0.2, 0.25) is 0 Å². The van der Waals surface area contributed by atoms with Crippen molar-refractivity contribution in [1.82, 2.24) is 39.3 Å². The summed E-state index contributed by atoms with van der Waals surface area (Å²) >= 11 is 0. The van der Waals surface area contributed by atoms with Crippen LogP contribution in [0.2, 0.25) is 0 Å². The molecule has 0 saturated heterocycles. The lowest BCUT2D eigenvalue weighted by Crippen LogP contribution is -2.15. The van der Waals surface area contributed by atoms with E-state index in [0.717, 1.165) is 41.4 Å². The molecule has 8 nitrogen and oxygen atoms in total. The van der Waals surface area contributed by atoms with Crippen molar-refractivity contribution in [3.05, 3.63) is 47.3 Å². The largest absolute Gasteiger partial charge is 0.433 e. The van der Waals surface area contributed by atoms with Crippen LogP contribution in [0, 0.1) is 13.8 Å². The van der Waals surface area contributed by atoms with Gasteiger partial charge in [-0.05, 0) is 38.8 Å². The van der Waals surface area contributed by atoms with Crippen LogP contribution in [-0.4, -0.2) is 39.3 Å². The highest BCUT2D eigenvalue weighted by atomic mass is 19.4. The molecule has 4 aromatic rings. The molecule has 0 atom stereocenters. The Labute approximate surface area is 181 Å². The predicted molar refractivity (Wildman–Crippen MR) is 110 cm³/mol. The van der Waals surface area contributed by atoms with Crippen molar-refractivity contribution in [2.75, 3.05) is 0 Å². The second-order valence-electron chi connectivity index (χ2n) is 8.18. The van der Waals surface area contributed by atoms with Gasteiger partial charge in [-0.25, -0.2) is 9.97 Å². The fourth-order valence-electron chi connectivity index (χ4n) is 3.84. The van der Waals surface area contributed by atoms with Gasteiger partial charge in [0, 0.05) is 49.2 Å². The molecular weight excluding hydrogens is 421 g/mol. The Balaban J connectivity index is 1.75. The van der Waals surface area contributed by atoms with Crippen molar-refractivity contribution in [3.8, 4) is 28.5 Å². The van der Waals surface area contributed by atoms with Gasteiger partial charge in [0.1, 0.15) is 5.69 Å². The third kappa shape index (κ3) is 3.57. The summed E-state index contributed by atoms with van der Waals surface area (Å²) in [6.45, 7) is 3.69.